The van der Waals surface area contributed by atoms with Crippen molar-refractivity contribution in [3.05, 3.63) is 46.5 Å². The Morgan fingerprint density at radius 2 is 2.19 bits per heavy atom. The van der Waals surface area contributed by atoms with E-state index < -0.39 is 14.9 Å². The van der Waals surface area contributed by atoms with Gasteiger partial charge in [0.05, 0.1) is 17.2 Å². The van der Waals surface area contributed by atoms with Crippen LogP contribution in [0.2, 0.25) is 0 Å². The largest absolute Gasteiger partial charge is 0.387 e. The summed E-state index contributed by atoms with van der Waals surface area (Å²) in [4.78, 5) is 16.7. The maximum absolute atomic E-state index is 12.2. The van der Waals surface area contributed by atoms with E-state index in [0.717, 1.165) is 6.07 Å². The van der Waals surface area contributed by atoms with Gasteiger partial charge in [-0.05, 0) is 6.07 Å². The van der Waals surface area contributed by atoms with Crippen LogP contribution in [0.1, 0.15) is 5.82 Å². The van der Waals surface area contributed by atoms with Gasteiger partial charge in [0, 0.05) is 31.6 Å². The summed E-state index contributed by atoms with van der Waals surface area (Å²) in [5, 5.41) is 13.4. The molecule has 9 nitrogen and oxygen atoms in total. The number of nitro groups is 1. The monoisotopic (exact) mass is 311 g/mol. The molecular formula is C11H13N5O4S. The molecule has 0 aliphatic heterocycles. The Labute approximate surface area is 120 Å². The molecular weight excluding hydrogens is 298 g/mol. The van der Waals surface area contributed by atoms with Gasteiger partial charge in [0.15, 0.2) is 0 Å². The van der Waals surface area contributed by atoms with Crippen LogP contribution in [0.25, 0.3) is 0 Å². The molecule has 0 atom stereocenters. The number of sulfonamides is 1. The van der Waals surface area contributed by atoms with Gasteiger partial charge in [-0.2, -0.15) is 0 Å². The molecule has 0 unspecified atom stereocenters. The topological polar surface area (TPSA) is 130 Å². The number of nitrogens with one attached hydrogen (secondary N) is 3. The van der Waals surface area contributed by atoms with Crippen molar-refractivity contribution < 1.29 is 13.3 Å². The van der Waals surface area contributed by atoms with E-state index in [-0.39, 0.29) is 22.8 Å². The molecule has 0 radical (unpaired) electrons. The SMILES string of the molecule is CNc1cc([N+](=O)[O-])ccc1S(=O)(=O)NCc1ncc[nH]1. The number of nitro benzene ring substituents is 1. The van der Waals surface area contributed by atoms with Crippen LogP contribution in [-0.4, -0.2) is 30.4 Å². The summed E-state index contributed by atoms with van der Waals surface area (Å²) in [6.07, 6.45) is 3.09. The lowest BCUT2D eigenvalue weighted by molar-refractivity contribution is -0.384. The average molecular weight is 311 g/mol. The molecule has 1 aromatic carbocycles. The van der Waals surface area contributed by atoms with Gasteiger partial charge in [-0.1, -0.05) is 0 Å². The quantitative estimate of drug-likeness (QED) is 0.535. The molecule has 0 amide bonds. The lowest BCUT2D eigenvalue weighted by Gasteiger charge is -2.10. The molecule has 0 saturated carbocycles. The highest BCUT2D eigenvalue weighted by molar-refractivity contribution is 7.89. The first-order valence-electron chi connectivity index (χ1n) is 5.88. The number of aromatic amines is 1. The number of nitrogens with zero attached hydrogens (tertiary/aromatic N) is 2. The maximum atomic E-state index is 12.2. The molecule has 3 N–H and O–H groups in total. The number of aromatic nitrogens is 2. The average Bonchev–Trinajstić information content (AvgIpc) is 2.97. The molecule has 0 bridgehead atoms. The summed E-state index contributed by atoms with van der Waals surface area (Å²) < 4.78 is 26.8. The van der Waals surface area contributed by atoms with Crippen molar-refractivity contribution in [3.8, 4) is 0 Å². The molecule has 1 heterocycles. The second kappa shape index (κ2) is 5.89. The molecule has 10 heteroatoms. The van der Waals surface area contributed by atoms with Crippen molar-refractivity contribution >= 4 is 21.4 Å². The first-order chi connectivity index (χ1) is 9.94. The van der Waals surface area contributed by atoms with E-state index in [9.17, 15) is 18.5 Å². The molecule has 0 spiro atoms. The fraction of sp³-hybridized carbons (Fsp3) is 0.182. The van der Waals surface area contributed by atoms with Gasteiger partial charge in [0.1, 0.15) is 10.7 Å². The summed E-state index contributed by atoms with van der Waals surface area (Å²) in [5.41, 5.74) is -0.0412. The summed E-state index contributed by atoms with van der Waals surface area (Å²) in [7, 11) is -2.33. The van der Waals surface area contributed by atoms with Crippen LogP contribution in [0.5, 0.6) is 0 Å². The van der Waals surface area contributed by atoms with Crippen LogP contribution in [0.15, 0.2) is 35.5 Å². The highest BCUT2D eigenvalue weighted by atomic mass is 32.2. The van der Waals surface area contributed by atoms with Crippen molar-refractivity contribution in [2.45, 2.75) is 11.4 Å². The summed E-state index contributed by atoms with van der Waals surface area (Å²) >= 11 is 0. The first-order valence-corrected chi connectivity index (χ1v) is 7.36. The third-order valence-corrected chi connectivity index (χ3v) is 4.18. The van der Waals surface area contributed by atoms with Crippen LogP contribution >= 0.6 is 0 Å². The van der Waals surface area contributed by atoms with E-state index in [2.05, 4.69) is 20.0 Å². The van der Waals surface area contributed by atoms with Crippen LogP contribution < -0.4 is 10.0 Å². The Kier molecular flexibility index (Phi) is 4.19. The van der Waals surface area contributed by atoms with Crippen molar-refractivity contribution in [2.75, 3.05) is 12.4 Å². The lowest BCUT2D eigenvalue weighted by Crippen LogP contribution is -2.24. The second-order valence-electron chi connectivity index (χ2n) is 4.05. The zero-order chi connectivity index (χ0) is 15.5. The molecule has 21 heavy (non-hydrogen) atoms. The number of hydrogen-bond acceptors (Lipinski definition) is 6. The fourth-order valence-electron chi connectivity index (χ4n) is 1.70. The number of non-ortho nitro benzene ring substituents is 1. The Morgan fingerprint density at radius 1 is 1.43 bits per heavy atom. The Morgan fingerprint density at radius 3 is 2.76 bits per heavy atom. The van der Waals surface area contributed by atoms with Crippen molar-refractivity contribution in [1.82, 2.24) is 14.7 Å². The highest BCUT2D eigenvalue weighted by Crippen LogP contribution is 2.26. The minimum atomic E-state index is -3.82. The van der Waals surface area contributed by atoms with E-state index >= 15 is 0 Å². The predicted molar refractivity (Wildman–Crippen MR) is 75.3 cm³/mol. The minimum Gasteiger partial charge on any atom is -0.387 e. The highest BCUT2D eigenvalue weighted by Gasteiger charge is 2.21. The van der Waals surface area contributed by atoms with E-state index in [4.69, 9.17) is 0 Å². The number of H-pyrrole nitrogens is 1. The van der Waals surface area contributed by atoms with Gasteiger partial charge in [-0.15, -0.1) is 0 Å². The minimum absolute atomic E-state index is 0.00449. The lowest BCUT2D eigenvalue weighted by atomic mass is 10.3. The van der Waals surface area contributed by atoms with E-state index in [1.165, 1.54) is 25.4 Å². The third-order valence-electron chi connectivity index (χ3n) is 2.72. The molecule has 0 fully saturated rings. The Balaban J connectivity index is 2.28. The van der Waals surface area contributed by atoms with Crippen LogP contribution in [0.4, 0.5) is 11.4 Å². The second-order valence-corrected chi connectivity index (χ2v) is 5.78. The number of imidazole rings is 1. The van der Waals surface area contributed by atoms with Crippen molar-refractivity contribution in [2.24, 2.45) is 0 Å². The van der Waals surface area contributed by atoms with E-state index in [0.29, 0.717) is 5.82 Å². The fourth-order valence-corrected chi connectivity index (χ4v) is 2.88. The zero-order valence-electron chi connectivity index (χ0n) is 11.0. The van der Waals surface area contributed by atoms with Crippen LogP contribution in [0, 0.1) is 10.1 Å². The zero-order valence-corrected chi connectivity index (χ0v) is 11.8. The van der Waals surface area contributed by atoms with Crippen LogP contribution in [-0.2, 0) is 16.6 Å². The van der Waals surface area contributed by atoms with Gasteiger partial charge in [-0.3, -0.25) is 10.1 Å². The van der Waals surface area contributed by atoms with E-state index in [1.807, 2.05) is 0 Å². The smallest absolute Gasteiger partial charge is 0.271 e. The van der Waals surface area contributed by atoms with Gasteiger partial charge >= 0.3 is 0 Å². The number of rotatable bonds is 6. The van der Waals surface area contributed by atoms with Gasteiger partial charge in [-0.25, -0.2) is 18.1 Å². The Bertz CT molecular complexity index is 742. The van der Waals surface area contributed by atoms with Gasteiger partial charge < -0.3 is 10.3 Å². The standard InChI is InChI=1S/C11H13N5O4S/c1-12-9-6-8(16(17)18)2-3-10(9)21(19,20)15-7-11-13-4-5-14-11/h2-6,12,15H,7H2,1H3,(H,13,14). The molecule has 112 valence electrons. The third kappa shape index (κ3) is 3.35. The van der Waals surface area contributed by atoms with Gasteiger partial charge in [0.2, 0.25) is 10.0 Å². The molecule has 0 saturated heterocycles. The first kappa shape index (κ1) is 14.9. The van der Waals surface area contributed by atoms with Gasteiger partial charge in [0.25, 0.3) is 5.69 Å². The molecule has 2 aromatic rings. The summed E-state index contributed by atoms with van der Waals surface area (Å²) in [6, 6.07) is 3.50. The van der Waals surface area contributed by atoms with Crippen molar-refractivity contribution in [1.29, 1.82) is 0 Å². The van der Waals surface area contributed by atoms with Crippen LogP contribution in [0.3, 0.4) is 0 Å². The number of hydrogen-bond donors (Lipinski definition) is 3. The molecule has 2 rings (SSSR count). The normalized spacial score (nSPS) is 11.3. The number of benzene rings is 1. The Hall–Kier alpha value is -2.46. The predicted octanol–water partition coefficient (Wildman–Crippen LogP) is 0.838. The molecule has 1 aromatic heterocycles. The summed E-state index contributed by atoms with van der Waals surface area (Å²) in [6.45, 7) is -0.00449. The molecule has 0 aliphatic rings. The summed E-state index contributed by atoms with van der Waals surface area (Å²) in [5.74, 6) is 0.464. The van der Waals surface area contributed by atoms with Crippen molar-refractivity contribution in [3.63, 3.8) is 0 Å². The van der Waals surface area contributed by atoms with E-state index in [1.54, 1.807) is 6.20 Å². The maximum Gasteiger partial charge on any atom is 0.271 e. The number of anilines is 1. The molecule has 0 aliphatic carbocycles.